The van der Waals surface area contributed by atoms with Crippen molar-refractivity contribution in [2.75, 3.05) is 11.9 Å². The third kappa shape index (κ3) is 4.43. The van der Waals surface area contributed by atoms with Gasteiger partial charge in [-0.1, -0.05) is 19.4 Å². The fraction of sp³-hybridized carbons (Fsp3) is 0.538. The zero-order valence-corrected chi connectivity index (χ0v) is 10.8. The first-order valence-electron chi connectivity index (χ1n) is 6.19. The third-order valence-corrected chi connectivity index (χ3v) is 2.44. The third-order valence-electron chi connectivity index (χ3n) is 2.44. The Morgan fingerprint density at radius 2 is 2.18 bits per heavy atom. The Labute approximate surface area is 103 Å². The number of nitrogens with zero attached hydrogens (tertiary/aromatic N) is 1. The maximum Gasteiger partial charge on any atom is 0.270 e. The molecule has 1 atom stereocenters. The van der Waals surface area contributed by atoms with Gasteiger partial charge in [0.1, 0.15) is 11.5 Å². The van der Waals surface area contributed by atoms with Crippen LogP contribution < -0.4 is 10.6 Å². The highest BCUT2D eigenvalue weighted by molar-refractivity contribution is 5.92. The Balaban J connectivity index is 2.65. The number of hydrogen-bond acceptors (Lipinski definition) is 3. The smallest absolute Gasteiger partial charge is 0.270 e. The van der Waals surface area contributed by atoms with Gasteiger partial charge in [0.05, 0.1) is 0 Å². The number of carbonyl (C=O) groups excluding carboxylic acids is 1. The summed E-state index contributed by atoms with van der Waals surface area (Å²) < 4.78 is 0. The van der Waals surface area contributed by atoms with E-state index in [9.17, 15) is 4.79 Å². The Hall–Kier alpha value is -1.58. The molecule has 4 nitrogen and oxygen atoms in total. The standard InChI is InChI=1S/C13H21N3O/c1-4-7-10(3)15-13(17)11-8-6-9-12(16-11)14-5-2/h6,8-10H,4-5,7H2,1-3H3,(H,14,16)(H,15,17). The zero-order valence-electron chi connectivity index (χ0n) is 10.8. The molecule has 0 bridgehead atoms. The number of hydrogen-bond donors (Lipinski definition) is 2. The van der Waals surface area contributed by atoms with Crippen LogP contribution in [0, 0.1) is 0 Å². The van der Waals surface area contributed by atoms with Gasteiger partial charge in [0.25, 0.3) is 5.91 Å². The summed E-state index contributed by atoms with van der Waals surface area (Å²) in [5.74, 6) is 0.633. The van der Waals surface area contributed by atoms with Crippen LogP contribution in [0.1, 0.15) is 44.1 Å². The SMILES string of the molecule is CCCC(C)NC(=O)c1cccc(NCC)n1. The van der Waals surface area contributed by atoms with Crippen molar-refractivity contribution in [3.05, 3.63) is 23.9 Å². The molecule has 1 amide bonds. The summed E-state index contributed by atoms with van der Waals surface area (Å²) in [5, 5.41) is 6.03. The summed E-state index contributed by atoms with van der Waals surface area (Å²) in [5.41, 5.74) is 0.464. The van der Waals surface area contributed by atoms with Crippen molar-refractivity contribution in [1.82, 2.24) is 10.3 Å². The van der Waals surface area contributed by atoms with Gasteiger partial charge in [-0.2, -0.15) is 0 Å². The van der Waals surface area contributed by atoms with Crippen LogP contribution in [0.15, 0.2) is 18.2 Å². The molecule has 0 aromatic carbocycles. The highest BCUT2D eigenvalue weighted by Gasteiger charge is 2.10. The number of anilines is 1. The summed E-state index contributed by atoms with van der Waals surface area (Å²) in [6.45, 7) is 6.91. The number of amides is 1. The lowest BCUT2D eigenvalue weighted by Crippen LogP contribution is -2.33. The fourth-order valence-corrected chi connectivity index (χ4v) is 1.64. The average Bonchev–Trinajstić information content (AvgIpc) is 2.30. The predicted octanol–water partition coefficient (Wildman–Crippen LogP) is 2.43. The normalized spacial score (nSPS) is 11.9. The van der Waals surface area contributed by atoms with Gasteiger partial charge < -0.3 is 10.6 Å². The van der Waals surface area contributed by atoms with E-state index >= 15 is 0 Å². The molecule has 17 heavy (non-hydrogen) atoms. The van der Waals surface area contributed by atoms with E-state index in [4.69, 9.17) is 0 Å². The Bertz CT molecular complexity index is 365. The molecular formula is C13H21N3O. The van der Waals surface area contributed by atoms with E-state index in [1.54, 1.807) is 6.07 Å². The van der Waals surface area contributed by atoms with Gasteiger partial charge in [-0.15, -0.1) is 0 Å². The van der Waals surface area contributed by atoms with Gasteiger partial charge in [0.15, 0.2) is 0 Å². The lowest BCUT2D eigenvalue weighted by molar-refractivity contribution is 0.0933. The van der Waals surface area contributed by atoms with Crippen LogP contribution in [0.3, 0.4) is 0 Å². The molecular weight excluding hydrogens is 214 g/mol. The van der Waals surface area contributed by atoms with Gasteiger partial charge in [-0.3, -0.25) is 4.79 Å². The number of carbonyl (C=O) groups is 1. The van der Waals surface area contributed by atoms with Crippen molar-refractivity contribution in [2.45, 2.75) is 39.7 Å². The van der Waals surface area contributed by atoms with E-state index in [0.717, 1.165) is 25.2 Å². The lowest BCUT2D eigenvalue weighted by atomic mass is 10.2. The molecule has 0 aliphatic carbocycles. The second-order valence-corrected chi connectivity index (χ2v) is 4.10. The molecule has 1 rings (SSSR count). The van der Waals surface area contributed by atoms with Crippen molar-refractivity contribution >= 4 is 11.7 Å². The van der Waals surface area contributed by atoms with Crippen LogP contribution in [0.2, 0.25) is 0 Å². The van der Waals surface area contributed by atoms with Crippen LogP contribution in [0.25, 0.3) is 0 Å². The van der Waals surface area contributed by atoms with Crippen molar-refractivity contribution in [1.29, 1.82) is 0 Å². The van der Waals surface area contributed by atoms with Crippen molar-refractivity contribution < 1.29 is 4.79 Å². The van der Waals surface area contributed by atoms with E-state index in [2.05, 4.69) is 22.5 Å². The van der Waals surface area contributed by atoms with Gasteiger partial charge in [-0.05, 0) is 32.4 Å². The Morgan fingerprint density at radius 3 is 2.82 bits per heavy atom. The summed E-state index contributed by atoms with van der Waals surface area (Å²) in [6.07, 6.45) is 2.05. The molecule has 0 saturated heterocycles. The molecule has 1 aromatic rings. The van der Waals surface area contributed by atoms with Gasteiger partial charge in [0.2, 0.25) is 0 Å². The van der Waals surface area contributed by atoms with E-state index in [-0.39, 0.29) is 11.9 Å². The maximum atomic E-state index is 11.9. The first kappa shape index (κ1) is 13.5. The van der Waals surface area contributed by atoms with E-state index in [1.807, 2.05) is 26.0 Å². The first-order valence-corrected chi connectivity index (χ1v) is 6.19. The second-order valence-electron chi connectivity index (χ2n) is 4.10. The molecule has 0 radical (unpaired) electrons. The minimum atomic E-state index is -0.106. The topological polar surface area (TPSA) is 54.0 Å². The Morgan fingerprint density at radius 1 is 1.41 bits per heavy atom. The minimum Gasteiger partial charge on any atom is -0.370 e. The number of pyridine rings is 1. The molecule has 0 aliphatic heterocycles. The number of aromatic nitrogens is 1. The molecule has 1 heterocycles. The Kier molecular flexibility index (Phi) is 5.46. The fourth-order valence-electron chi connectivity index (χ4n) is 1.64. The number of nitrogens with one attached hydrogen (secondary N) is 2. The van der Waals surface area contributed by atoms with E-state index in [1.165, 1.54) is 0 Å². The summed E-state index contributed by atoms with van der Waals surface area (Å²) in [4.78, 5) is 16.1. The van der Waals surface area contributed by atoms with E-state index < -0.39 is 0 Å². The highest BCUT2D eigenvalue weighted by atomic mass is 16.1. The van der Waals surface area contributed by atoms with Crippen LogP contribution in [-0.2, 0) is 0 Å². The van der Waals surface area contributed by atoms with Gasteiger partial charge in [-0.25, -0.2) is 4.98 Å². The van der Waals surface area contributed by atoms with Crippen LogP contribution >= 0.6 is 0 Å². The first-order chi connectivity index (χ1) is 8.17. The molecule has 1 unspecified atom stereocenters. The molecule has 4 heteroatoms. The lowest BCUT2D eigenvalue weighted by Gasteiger charge is -2.12. The molecule has 1 aromatic heterocycles. The monoisotopic (exact) mass is 235 g/mol. The highest BCUT2D eigenvalue weighted by Crippen LogP contribution is 2.05. The van der Waals surface area contributed by atoms with Gasteiger partial charge >= 0.3 is 0 Å². The summed E-state index contributed by atoms with van der Waals surface area (Å²) in [7, 11) is 0. The molecule has 0 aliphatic rings. The van der Waals surface area contributed by atoms with Crippen LogP contribution in [0.4, 0.5) is 5.82 Å². The van der Waals surface area contributed by atoms with Gasteiger partial charge in [0, 0.05) is 12.6 Å². The quantitative estimate of drug-likeness (QED) is 0.796. The molecule has 0 fully saturated rings. The molecule has 0 spiro atoms. The summed E-state index contributed by atoms with van der Waals surface area (Å²) >= 11 is 0. The molecule has 94 valence electrons. The van der Waals surface area contributed by atoms with Crippen molar-refractivity contribution in [2.24, 2.45) is 0 Å². The summed E-state index contributed by atoms with van der Waals surface area (Å²) in [6, 6.07) is 5.62. The van der Waals surface area contributed by atoms with E-state index in [0.29, 0.717) is 5.69 Å². The number of rotatable bonds is 6. The minimum absolute atomic E-state index is 0.106. The maximum absolute atomic E-state index is 11.9. The van der Waals surface area contributed by atoms with Crippen molar-refractivity contribution in [3.63, 3.8) is 0 Å². The predicted molar refractivity (Wildman–Crippen MR) is 70.2 cm³/mol. The zero-order chi connectivity index (χ0) is 12.7. The van der Waals surface area contributed by atoms with Crippen LogP contribution in [-0.4, -0.2) is 23.5 Å². The molecule has 0 saturated carbocycles. The van der Waals surface area contributed by atoms with Crippen molar-refractivity contribution in [3.8, 4) is 0 Å². The molecule has 2 N–H and O–H groups in total. The van der Waals surface area contributed by atoms with Crippen LogP contribution in [0.5, 0.6) is 0 Å². The average molecular weight is 235 g/mol. The largest absolute Gasteiger partial charge is 0.370 e. The second kappa shape index (κ2) is 6.89.